The van der Waals surface area contributed by atoms with Crippen LogP contribution < -0.4 is 9.46 Å². The number of nitrogens with one attached hydrogen (secondary N) is 1. The Morgan fingerprint density at radius 2 is 2.06 bits per heavy atom. The zero-order valence-corrected chi connectivity index (χ0v) is 9.60. The maximum Gasteiger partial charge on any atom is 0.387 e. The van der Waals surface area contributed by atoms with Crippen LogP contribution in [0.2, 0.25) is 0 Å². The first-order valence-electron chi connectivity index (χ1n) is 4.61. The van der Waals surface area contributed by atoms with Gasteiger partial charge in [0.25, 0.3) is 0 Å². The number of halogens is 3. The zero-order valence-electron chi connectivity index (χ0n) is 8.78. The summed E-state index contributed by atoms with van der Waals surface area (Å²) in [5.41, 5.74) is 0. The van der Waals surface area contributed by atoms with Gasteiger partial charge in [0, 0.05) is 12.6 Å². The Labute approximate surface area is 96.4 Å². The fraction of sp³-hybridized carbons (Fsp3) is 0.333. The van der Waals surface area contributed by atoms with Crippen molar-refractivity contribution in [3.63, 3.8) is 0 Å². The van der Waals surface area contributed by atoms with Crippen LogP contribution in [0.1, 0.15) is 6.92 Å². The van der Waals surface area contributed by atoms with Gasteiger partial charge in [0.05, 0.1) is 0 Å². The molecule has 0 unspecified atom stereocenters. The van der Waals surface area contributed by atoms with E-state index in [0.717, 1.165) is 12.1 Å². The second-order valence-electron chi connectivity index (χ2n) is 2.97. The van der Waals surface area contributed by atoms with E-state index in [0.29, 0.717) is 6.07 Å². The molecule has 0 saturated carbocycles. The first-order chi connectivity index (χ1) is 7.86. The summed E-state index contributed by atoms with van der Waals surface area (Å²) in [6.07, 6.45) is 0. The van der Waals surface area contributed by atoms with Crippen LogP contribution in [-0.2, 0) is 10.0 Å². The summed E-state index contributed by atoms with van der Waals surface area (Å²) in [6, 6.07) is 2.31. The highest BCUT2D eigenvalue weighted by Crippen LogP contribution is 2.26. The van der Waals surface area contributed by atoms with Crippen LogP contribution >= 0.6 is 0 Å². The number of hydrogen-bond donors (Lipinski definition) is 1. The van der Waals surface area contributed by atoms with Gasteiger partial charge in [0.15, 0.2) is 0 Å². The molecular weight excluding hydrogens is 259 g/mol. The van der Waals surface area contributed by atoms with Crippen LogP contribution in [-0.4, -0.2) is 21.6 Å². The molecule has 0 aromatic heterocycles. The summed E-state index contributed by atoms with van der Waals surface area (Å²) >= 11 is 0. The minimum atomic E-state index is -3.98. The number of benzene rings is 1. The molecule has 1 N–H and O–H groups in total. The third kappa shape index (κ3) is 3.60. The maximum atomic E-state index is 12.8. The van der Waals surface area contributed by atoms with Crippen molar-refractivity contribution in [3.05, 3.63) is 24.0 Å². The molecule has 0 aliphatic carbocycles. The van der Waals surface area contributed by atoms with Gasteiger partial charge >= 0.3 is 6.61 Å². The molecule has 8 heteroatoms. The first kappa shape index (κ1) is 13.8. The van der Waals surface area contributed by atoms with E-state index in [1.54, 1.807) is 0 Å². The number of sulfonamides is 1. The molecule has 1 aromatic carbocycles. The lowest BCUT2D eigenvalue weighted by molar-refractivity contribution is -0.0519. The molecule has 0 amide bonds. The van der Waals surface area contributed by atoms with E-state index in [-0.39, 0.29) is 6.54 Å². The summed E-state index contributed by atoms with van der Waals surface area (Å²) in [4.78, 5) is -0.527. The molecule has 1 aromatic rings. The van der Waals surface area contributed by atoms with E-state index in [1.165, 1.54) is 6.92 Å². The highest BCUT2D eigenvalue weighted by Gasteiger charge is 2.21. The Kier molecular flexibility index (Phi) is 4.35. The Morgan fingerprint density at radius 1 is 1.41 bits per heavy atom. The number of rotatable bonds is 5. The molecule has 96 valence electrons. The van der Waals surface area contributed by atoms with Gasteiger partial charge in [-0.3, -0.25) is 0 Å². The Morgan fingerprint density at radius 3 is 2.59 bits per heavy atom. The average Bonchev–Trinajstić information content (AvgIpc) is 2.15. The van der Waals surface area contributed by atoms with E-state index in [2.05, 4.69) is 9.46 Å². The Balaban J connectivity index is 3.23. The third-order valence-corrected chi connectivity index (χ3v) is 3.33. The van der Waals surface area contributed by atoms with Crippen molar-refractivity contribution in [2.75, 3.05) is 6.54 Å². The molecule has 0 spiro atoms. The van der Waals surface area contributed by atoms with Gasteiger partial charge in [0.2, 0.25) is 10.0 Å². The van der Waals surface area contributed by atoms with Gasteiger partial charge in [-0.25, -0.2) is 17.5 Å². The number of ether oxygens (including phenoxy) is 1. The molecule has 4 nitrogen and oxygen atoms in total. The van der Waals surface area contributed by atoms with Crippen LogP contribution in [0.3, 0.4) is 0 Å². The Hall–Kier alpha value is -1.28. The summed E-state index contributed by atoms with van der Waals surface area (Å²) in [5.74, 6) is -1.59. The van der Waals surface area contributed by atoms with Gasteiger partial charge in [-0.15, -0.1) is 0 Å². The van der Waals surface area contributed by atoms with E-state index < -0.39 is 33.1 Å². The second kappa shape index (κ2) is 5.37. The van der Waals surface area contributed by atoms with E-state index >= 15 is 0 Å². The monoisotopic (exact) mass is 269 g/mol. The molecular formula is C9H10F3NO3S. The summed E-state index contributed by atoms with van der Waals surface area (Å²) in [7, 11) is -3.98. The van der Waals surface area contributed by atoms with Gasteiger partial charge in [-0.1, -0.05) is 6.92 Å². The van der Waals surface area contributed by atoms with Crippen LogP contribution in [0.5, 0.6) is 5.75 Å². The van der Waals surface area contributed by atoms with Crippen molar-refractivity contribution in [1.29, 1.82) is 0 Å². The largest absolute Gasteiger partial charge is 0.433 e. The predicted molar refractivity (Wildman–Crippen MR) is 53.9 cm³/mol. The maximum absolute atomic E-state index is 12.8. The topological polar surface area (TPSA) is 55.4 Å². The summed E-state index contributed by atoms with van der Waals surface area (Å²) in [6.45, 7) is -1.63. The van der Waals surface area contributed by atoms with Gasteiger partial charge in [0.1, 0.15) is 16.5 Å². The molecule has 1 rings (SSSR count). The molecule has 0 heterocycles. The summed E-state index contributed by atoms with van der Waals surface area (Å²) < 4.78 is 66.2. The van der Waals surface area contributed by atoms with Gasteiger partial charge in [-0.2, -0.15) is 8.78 Å². The smallest absolute Gasteiger partial charge is 0.387 e. The van der Waals surface area contributed by atoms with Crippen molar-refractivity contribution in [1.82, 2.24) is 4.72 Å². The van der Waals surface area contributed by atoms with Crippen molar-refractivity contribution in [2.45, 2.75) is 18.4 Å². The van der Waals surface area contributed by atoms with Crippen molar-refractivity contribution >= 4 is 10.0 Å². The van der Waals surface area contributed by atoms with Crippen LogP contribution in [0.25, 0.3) is 0 Å². The molecule has 0 saturated heterocycles. The lowest BCUT2D eigenvalue weighted by atomic mass is 10.3. The number of alkyl halides is 2. The average molecular weight is 269 g/mol. The third-order valence-electron chi connectivity index (χ3n) is 1.75. The molecule has 0 aliphatic heterocycles. The van der Waals surface area contributed by atoms with Crippen LogP contribution in [0, 0.1) is 5.82 Å². The molecule has 0 bridgehead atoms. The fourth-order valence-corrected chi connectivity index (χ4v) is 2.31. The minimum absolute atomic E-state index is 0.0772. The Bertz CT molecular complexity index is 490. The second-order valence-corrected chi connectivity index (χ2v) is 4.71. The molecule has 17 heavy (non-hydrogen) atoms. The van der Waals surface area contributed by atoms with Gasteiger partial charge in [-0.05, 0) is 12.1 Å². The first-order valence-corrected chi connectivity index (χ1v) is 6.09. The highest BCUT2D eigenvalue weighted by molar-refractivity contribution is 7.89. The lowest BCUT2D eigenvalue weighted by Crippen LogP contribution is -2.24. The summed E-state index contributed by atoms with van der Waals surface area (Å²) in [5, 5.41) is 0. The normalized spacial score (nSPS) is 11.8. The van der Waals surface area contributed by atoms with Crippen molar-refractivity contribution in [3.8, 4) is 5.75 Å². The quantitative estimate of drug-likeness (QED) is 0.885. The fourth-order valence-electron chi connectivity index (χ4n) is 1.16. The number of hydrogen-bond acceptors (Lipinski definition) is 3. The highest BCUT2D eigenvalue weighted by atomic mass is 32.2. The van der Waals surface area contributed by atoms with Crippen molar-refractivity contribution < 1.29 is 26.3 Å². The predicted octanol–water partition coefficient (Wildman–Crippen LogP) is 1.73. The molecule has 0 radical (unpaired) electrons. The molecule has 0 fully saturated rings. The van der Waals surface area contributed by atoms with E-state index in [9.17, 15) is 21.6 Å². The van der Waals surface area contributed by atoms with Crippen LogP contribution in [0.4, 0.5) is 13.2 Å². The van der Waals surface area contributed by atoms with Crippen molar-refractivity contribution in [2.24, 2.45) is 0 Å². The lowest BCUT2D eigenvalue weighted by Gasteiger charge is -2.11. The SMILES string of the molecule is CCNS(=O)(=O)c1ccc(F)cc1OC(F)F. The minimum Gasteiger partial charge on any atom is -0.433 e. The van der Waals surface area contributed by atoms with E-state index in [1.807, 2.05) is 0 Å². The molecule has 0 atom stereocenters. The molecule has 0 aliphatic rings. The van der Waals surface area contributed by atoms with Gasteiger partial charge < -0.3 is 4.74 Å². The van der Waals surface area contributed by atoms with Crippen LogP contribution in [0.15, 0.2) is 23.1 Å². The standard InChI is InChI=1S/C9H10F3NO3S/c1-2-13-17(14,15)8-4-3-6(10)5-7(8)16-9(11)12/h3-5,9,13H,2H2,1H3. The van der Waals surface area contributed by atoms with E-state index in [4.69, 9.17) is 0 Å². The zero-order chi connectivity index (χ0) is 13.1.